The minimum Gasteiger partial charge on any atom is -0.495 e. The van der Waals surface area contributed by atoms with Gasteiger partial charge in [0.2, 0.25) is 0 Å². The molecular weight excluding hydrogens is 278 g/mol. The van der Waals surface area contributed by atoms with Crippen molar-refractivity contribution in [1.29, 1.82) is 0 Å². The van der Waals surface area contributed by atoms with Gasteiger partial charge in [0.15, 0.2) is 0 Å². The van der Waals surface area contributed by atoms with Crippen LogP contribution in [0.3, 0.4) is 0 Å². The van der Waals surface area contributed by atoms with Crippen LogP contribution in [0.15, 0.2) is 54.6 Å². The normalized spacial score (nSPS) is 9.91. The second kappa shape index (κ2) is 7.93. The highest BCUT2D eigenvalue weighted by atomic mass is 16.5. The van der Waals surface area contributed by atoms with Crippen molar-refractivity contribution in [2.75, 3.05) is 37.5 Å². The molecule has 0 heterocycles. The lowest BCUT2D eigenvalue weighted by atomic mass is 10.3. The number of amides is 2. The van der Waals surface area contributed by atoms with E-state index in [4.69, 9.17) is 4.74 Å². The highest BCUT2D eigenvalue weighted by Crippen LogP contribution is 2.22. The molecular formula is C17H21N3O2. The largest absolute Gasteiger partial charge is 0.495 e. The maximum absolute atomic E-state index is 11.9. The summed E-state index contributed by atoms with van der Waals surface area (Å²) in [6.07, 6.45) is 0. The van der Waals surface area contributed by atoms with Crippen molar-refractivity contribution in [3.8, 4) is 5.75 Å². The first-order valence-corrected chi connectivity index (χ1v) is 7.15. The van der Waals surface area contributed by atoms with Crippen molar-refractivity contribution in [2.45, 2.75) is 0 Å². The summed E-state index contributed by atoms with van der Waals surface area (Å²) in [4.78, 5) is 14.0. The number of nitrogens with one attached hydrogen (secondary N) is 2. The van der Waals surface area contributed by atoms with Crippen LogP contribution >= 0.6 is 0 Å². The van der Waals surface area contributed by atoms with Gasteiger partial charge in [-0.05, 0) is 24.3 Å². The van der Waals surface area contributed by atoms with Crippen LogP contribution in [0.4, 0.5) is 16.2 Å². The van der Waals surface area contributed by atoms with Gasteiger partial charge in [-0.1, -0.05) is 30.3 Å². The van der Waals surface area contributed by atoms with Crippen LogP contribution in [0.1, 0.15) is 0 Å². The molecule has 0 saturated heterocycles. The van der Waals surface area contributed by atoms with Crippen LogP contribution in [0.5, 0.6) is 5.75 Å². The maximum atomic E-state index is 11.9. The van der Waals surface area contributed by atoms with Crippen LogP contribution in [0, 0.1) is 0 Å². The van der Waals surface area contributed by atoms with E-state index >= 15 is 0 Å². The third kappa shape index (κ3) is 4.41. The van der Waals surface area contributed by atoms with Gasteiger partial charge in [0.25, 0.3) is 0 Å². The third-order valence-electron chi connectivity index (χ3n) is 3.28. The summed E-state index contributed by atoms with van der Waals surface area (Å²) >= 11 is 0. The molecule has 2 N–H and O–H groups in total. The topological polar surface area (TPSA) is 53.6 Å². The summed E-state index contributed by atoms with van der Waals surface area (Å²) in [5.41, 5.74) is 1.77. The summed E-state index contributed by atoms with van der Waals surface area (Å²) in [7, 11) is 3.57. The molecule has 0 aliphatic carbocycles. The molecule has 0 aromatic heterocycles. The van der Waals surface area contributed by atoms with Crippen LogP contribution in [-0.4, -0.2) is 33.3 Å². The average Bonchev–Trinajstić information content (AvgIpc) is 2.56. The summed E-state index contributed by atoms with van der Waals surface area (Å²) < 4.78 is 5.20. The molecule has 0 aliphatic heterocycles. The lowest BCUT2D eigenvalue weighted by Gasteiger charge is -2.19. The zero-order valence-corrected chi connectivity index (χ0v) is 12.9. The van der Waals surface area contributed by atoms with Gasteiger partial charge in [0.1, 0.15) is 5.75 Å². The summed E-state index contributed by atoms with van der Waals surface area (Å²) in [6, 6.07) is 17.1. The van der Waals surface area contributed by atoms with Crippen LogP contribution < -0.4 is 20.3 Å². The van der Waals surface area contributed by atoms with Crippen LogP contribution in [0.2, 0.25) is 0 Å². The number of benzene rings is 2. The second-order valence-corrected chi connectivity index (χ2v) is 4.84. The van der Waals surface area contributed by atoms with Gasteiger partial charge in [-0.15, -0.1) is 0 Å². The number of nitrogens with zero attached hydrogens (tertiary/aromatic N) is 1. The number of ether oxygens (including phenoxy) is 1. The molecule has 5 nitrogen and oxygen atoms in total. The van der Waals surface area contributed by atoms with E-state index in [0.717, 1.165) is 12.2 Å². The van der Waals surface area contributed by atoms with Gasteiger partial charge in [-0.3, -0.25) is 0 Å². The van der Waals surface area contributed by atoms with Gasteiger partial charge in [-0.25, -0.2) is 4.79 Å². The Kier molecular flexibility index (Phi) is 5.65. The van der Waals surface area contributed by atoms with E-state index in [1.165, 1.54) is 0 Å². The van der Waals surface area contributed by atoms with Gasteiger partial charge in [0.05, 0.1) is 12.8 Å². The van der Waals surface area contributed by atoms with E-state index in [0.29, 0.717) is 18.0 Å². The molecule has 2 rings (SSSR count). The zero-order valence-electron chi connectivity index (χ0n) is 12.9. The zero-order chi connectivity index (χ0) is 15.8. The molecule has 2 aromatic carbocycles. The average molecular weight is 299 g/mol. The molecule has 0 bridgehead atoms. The molecule has 0 fully saturated rings. The first kappa shape index (κ1) is 15.7. The highest BCUT2D eigenvalue weighted by molar-refractivity contribution is 5.90. The maximum Gasteiger partial charge on any atom is 0.319 e. The number of anilines is 2. The van der Waals surface area contributed by atoms with Gasteiger partial charge in [-0.2, -0.15) is 0 Å². The first-order chi connectivity index (χ1) is 10.7. The number of methoxy groups -OCH3 is 1. The fourth-order valence-electron chi connectivity index (χ4n) is 2.06. The fourth-order valence-corrected chi connectivity index (χ4v) is 2.06. The van der Waals surface area contributed by atoms with Crippen molar-refractivity contribution in [3.05, 3.63) is 54.6 Å². The molecule has 2 amide bonds. The molecule has 22 heavy (non-hydrogen) atoms. The Bertz CT molecular complexity index is 602. The van der Waals surface area contributed by atoms with E-state index in [9.17, 15) is 4.79 Å². The summed E-state index contributed by atoms with van der Waals surface area (Å²) in [6.45, 7) is 1.27. The Balaban J connectivity index is 1.78. The molecule has 0 spiro atoms. The van der Waals surface area contributed by atoms with Gasteiger partial charge < -0.3 is 20.3 Å². The fraction of sp³-hybridized carbons (Fsp3) is 0.235. The monoisotopic (exact) mass is 299 g/mol. The van der Waals surface area contributed by atoms with Crippen LogP contribution in [0.25, 0.3) is 0 Å². The molecule has 0 radical (unpaired) electrons. The standard InChI is InChI=1S/C17H21N3O2/c1-20(14-8-4-3-5-9-14)13-12-18-17(21)19-15-10-6-7-11-16(15)22-2/h3-11H,12-13H2,1-2H3,(H2,18,19,21). The van der Waals surface area contributed by atoms with E-state index in [1.54, 1.807) is 19.2 Å². The SMILES string of the molecule is COc1ccccc1NC(=O)NCCN(C)c1ccccc1. The van der Waals surface area contributed by atoms with Crippen molar-refractivity contribution >= 4 is 17.4 Å². The molecule has 0 atom stereocenters. The molecule has 0 saturated carbocycles. The lowest BCUT2D eigenvalue weighted by molar-refractivity contribution is 0.252. The van der Waals surface area contributed by atoms with Crippen molar-refractivity contribution in [1.82, 2.24) is 5.32 Å². The Hall–Kier alpha value is -2.69. The minimum atomic E-state index is -0.244. The number of rotatable bonds is 6. The number of para-hydroxylation sites is 3. The Morgan fingerprint density at radius 3 is 2.50 bits per heavy atom. The Morgan fingerprint density at radius 1 is 1.09 bits per heavy atom. The van der Waals surface area contributed by atoms with Crippen molar-refractivity contribution < 1.29 is 9.53 Å². The molecule has 2 aromatic rings. The van der Waals surface area contributed by atoms with Crippen molar-refractivity contribution in [3.63, 3.8) is 0 Å². The summed E-state index contributed by atoms with van der Waals surface area (Å²) in [5, 5.41) is 5.62. The minimum absolute atomic E-state index is 0.244. The molecule has 116 valence electrons. The van der Waals surface area contributed by atoms with Crippen LogP contribution in [-0.2, 0) is 0 Å². The Morgan fingerprint density at radius 2 is 1.77 bits per heavy atom. The quantitative estimate of drug-likeness (QED) is 0.862. The van der Waals surface area contributed by atoms with Crippen molar-refractivity contribution in [2.24, 2.45) is 0 Å². The number of carbonyl (C=O) groups is 1. The van der Waals surface area contributed by atoms with E-state index in [1.807, 2.05) is 49.5 Å². The Labute approximate surface area is 130 Å². The van der Waals surface area contributed by atoms with Gasteiger partial charge >= 0.3 is 6.03 Å². The number of hydrogen-bond donors (Lipinski definition) is 2. The number of likely N-dealkylation sites (N-methyl/N-ethyl adjacent to an activating group) is 1. The number of carbonyl (C=O) groups excluding carboxylic acids is 1. The van der Waals surface area contributed by atoms with Gasteiger partial charge in [0, 0.05) is 25.8 Å². The number of hydrogen-bond acceptors (Lipinski definition) is 3. The molecule has 5 heteroatoms. The number of urea groups is 1. The lowest BCUT2D eigenvalue weighted by Crippen LogP contribution is -2.35. The molecule has 0 unspecified atom stereocenters. The smallest absolute Gasteiger partial charge is 0.319 e. The van der Waals surface area contributed by atoms with E-state index in [-0.39, 0.29) is 6.03 Å². The first-order valence-electron chi connectivity index (χ1n) is 7.15. The van der Waals surface area contributed by atoms with E-state index < -0.39 is 0 Å². The van der Waals surface area contributed by atoms with E-state index in [2.05, 4.69) is 15.5 Å². The highest BCUT2D eigenvalue weighted by Gasteiger charge is 2.06. The third-order valence-corrected chi connectivity index (χ3v) is 3.28. The summed E-state index contributed by atoms with van der Waals surface area (Å²) in [5.74, 6) is 0.638. The second-order valence-electron chi connectivity index (χ2n) is 4.84. The predicted molar refractivity (Wildman–Crippen MR) is 89.7 cm³/mol. The molecule has 0 aliphatic rings. The predicted octanol–water partition coefficient (Wildman–Crippen LogP) is 2.95.